The summed E-state index contributed by atoms with van der Waals surface area (Å²) in [5.41, 5.74) is 5.30. The number of aromatic hydroxyl groups is 1. The minimum absolute atomic E-state index is 0.00352. The summed E-state index contributed by atoms with van der Waals surface area (Å²) in [6.45, 7) is 3.32. The Labute approximate surface area is 247 Å². The van der Waals surface area contributed by atoms with E-state index in [1.807, 2.05) is 41.5 Å². The van der Waals surface area contributed by atoms with Crippen molar-refractivity contribution in [3.63, 3.8) is 0 Å². The summed E-state index contributed by atoms with van der Waals surface area (Å²) in [5.74, 6) is -0.258. The lowest BCUT2D eigenvalue weighted by molar-refractivity contribution is 0.0745. The quantitative estimate of drug-likeness (QED) is 0.248. The molecule has 4 aromatic rings. The number of carbonyl (C=O) groups excluding carboxylic acids is 2. The second-order valence-corrected chi connectivity index (χ2v) is 10.5. The maximum Gasteiger partial charge on any atom is 0.259 e. The molecule has 1 aliphatic heterocycles. The van der Waals surface area contributed by atoms with E-state index in [1.54, 1.807) is 48.2 Å². The topological polar surface area (TPSA) is 137 Å². The number of piperazine rings is 1. The van der Waals surface area contributed by atoms with E-state index in [1.165, 1.54) is 12.1 Å². The Balaban J connectivity index is 1.32. The molecule has 1 fully saturated rings. The zero-order chi connectivity index (χ0) is 30.0. The van der Waals surface area contributed by atoms with Crippen molar-refractivity contribution in [2.45, 2.75) is 6.92 Å². The number of carbonyl (C=O) groups is 2. The van der Waals surface area contributed by atoms with E-state index in [0.29, 0.717) is 65.0 Å². The van der Waals surface area contributed by atoms with Crippen LogP contribution < -0.4 is 20.6 Å². The summed E-state index contributed by atoms with van der Waals surface area (Å²) in [7, 11) is 3.82. The van der Waals surface area contributed by atoms with Gasteiger partial charge in [0.25, 0.3) is 11.8 Å². The molecular weight excluding hydrogens is 560 g/mol. The van der Waals surface area contributed by atoms with Gasteiger partial charge in [-0.15, -0.1) is 0 Å². The predicted octanol–water partition coefficient (Wildman–Crippen LogP) is 5.20. The minimum atomic E-state index is -0.371. The molecule has 218 valence electrons. The van der Waals surface area contributed by atoms with Crippen LogP contribution in [-0.2, 0) is 0 Å². The summed E-state index contributed by atoms with van der Waals surface area (Å²) >= 11 is 6.56. The average molecular weight is 590 g/mol. The molecule has 5 rings (SSSR count). The zero-order valence-electron chi connectivity index (χ0n) is 23.3. The first kappa shape index (κ1) is 28.8. The van der Waals surface area contributed by atoms with Crippen molar-refractivity contribution in [1.82, 2.24) is 10.1 Å². The molecule has 0 radical (unpaired) electrons. The Hall–Kier alpha value is -4.74. The van der Waals surface area contributed by atoms with Crippen molar-refractivity contribution in [1.29, 1.82) is 0 Å². The Bertz CT molecular complexity index is 1610. The molecule has 2 amide bonds. The fourth-order valence-corrected chi connectivity index (χ4v) is 5.17. The SMILES string of the molecule is Cc1onc(-c2ccccc2O)c1C(=O)N1CCN(c2cc(NC(=O)c3ccc(N(C)C)cc3)c(N[O-])cc2Cl)CC1. The highest BCUT2D eigenvalue weighted by atomic mass is 35.5. The Morgan fingerprint density at radius 1 is 1.02 bits per heavy atom. The highest BCUT2D eigenvalue weighted by Crippen LogP contribution is 2.37. The van der Waals surface area contributed by atoms with Gasteiger partial charge in [-0.05, 0) is 55.5 Å². The van der Waals surface area contributed by atoms with Gasteiger partial charge in [-0.2, -0.15) is 0 Å². The second-order valence-electron chi connectivity index (χ2n) is 10.1. The lowest BCUT2D eigenvalue weighted by Crippen LogP contribution is -2.49. The number of nitrogens with one attached hydrogen (secondary N) is 2. The molecule has 0 unspecified atom stereocenters. The van der Waals surface area contributed by atoms with Gasteiger partial charge in [-0.25, -0.2) is 0 Å². The Kier molecular flexibility index (Phi) is 8.23. The van der Waals surface area contributed by atoms with E-state index in [4.69, 9.17) is 16.1 Å². The summed E-state index contributed by atoms with van der Waals surface area (Å²) in [6.07, 6.45) is 0. The lowest BCUT2D eigenvalue weighted by atomic mass is 10.0. The maximum atomic E-state index is 13.6. The van der Waals surface area contributed by atoms with Gasteiger partial charge in [0.15, 0.2) is 0 Å². The summed E-state index contributed by atoms with van der Waals surface area (Å²) < 4.78 is 5.33. The highest BCUT2D eigenvalue weighted by molar-refractivity contribution is 6.34. The van der Waals surface area contributed by atoms with Crippen molar-refractivity contribution in [2.24, 2.45) is 0 Å². The van der Waals surface area contributed by atoms with E-state index in [-0.39, 0.29) is 28.9 Å². The third-order valence-electron chi connectivity index (χ3n) is 7.23. The number of hydrogen-bond acceptors (Lipinski definition) is 9. The number of aryl methyl sites for hydroxylation is 1. The molecule has 1 saturated heterocycles. The fraction of sp³-hybridized carbons (Fsp3) is 0.233. The third kappa shape index (κ3) is 5.69. The minimum Gasteiger partial charge on any atom is -0.761 e. The molecule has 12 heteroatoms. The van der Waals surface area contributed by atoms with Gasteiger partial charge >= 0.3 is 0 Å². The molecule has 0 bridgehead atoms. The Morgan fingerprint density at radius 2 is 1.71 bits per heavy atom. The number of para-hydroxylation sites is 1. The molecule has 0 spiro atoms. The standard InChI is InChI=1S/C30H30ClN6O5/c1-18-27(28(34-42-18)21-6-4-5-7-26(21)38)30(40)37-14-12-36(13-15-37)25-17-23(24(33-41)16-22(25)31)32-29(39)19-8-10-20(11-9-19)35(2)3/h4-11,16-17,33,38H,12-15H2,1-3H3,(H,32,39)/q-1. The van der Waals surface area contributed by atoms with Crippen LogP contribution in [-0.4, -0.2) is 67.3 Å². The molecule has 2 heterocycles. The van der Waals surface area contributed by atoms with Gasteiger partial charge in [0.05, 0.1) is 16.4 Å². The molecule has 3 aromatic carbocycles. The van der Waals surface area contributed by atoms with Gasteiger partial charge < -0.3 is 40.3 Å². The van der Waals surface area contributed by atoms with Crippen LogP contribution in [0.15, 0.2) is 65.2 Å². The molecule has 0 aliphatic carbocycles. The average Bonchev–Trinajstić information content (AvgIpc) is 3.38. The lowest BCUT2D eigenvalue weighted by Gasteiger charge is -2.37. The molecule has 0 saturated carbocycles. The molecule has 1 aromatic heterocycles. The predicted molar refractivity (Wildman–Crippen MR) is 164 cm³/mol. The second kappa shape index (κ2) is 12.0. The maximum absolute atomic E-state index is 13.6. The van der Waals surface area contributed by atoms with Crippen molar-refractivity contribution in [3.05, 3.63) is 87.8 Å². The van der Waals surface area contributed by atoms with Crippen LogP contribution in [0.2, 0.25) is 5.02 Å². The van der Waals surface area contributed by atoms with E-state index < -0.39 is 0 Å². The van der Waals surface area contributed by atoms with Crippen LogP contribution in [0.3, 0.4) is 0 Å². The molecule has 3 N–H and O–H groups in total. The fourth-order valence-electron chi connectivity index (χ4n) is 4.89. The number of amides is 2. The van der Waals surface area contributed by atoms with Crippen LogP contribution in [0.5, 0.6) is 5.75 Å². The number of anilines is 4. The van der Waals surface area contributed by atoms with Crippen LogP contribution in [0.25, 0.3) is 11.3 Å². The van der Waals surface area contributed by atoms with Gasteiger partial charge in [-0.3, -0.25) is 9.59 Å². The Morgan fingerprint density at radius 3 is 2.36 bits per heavy atom. The highest BCUT2D eigenvalue weighted by Gasteiger charge is 2.30. The van der Waals surface area contributed by atoms with Crippen LogP contribution >= 0.6 is 11.6 Å². The van der Waals surface area contributed by atoms with Gasteiger partial charge in [-0.1, -0.05) is 28.9 Å². The number of nitrogens with zero attached hydrogens (tertiary/aromatic N) is 4. The van der Waals surface area contributed by atoms with E-state index in [2.05, 4.69) is 10.5 Å². The summed E-state index contributed by atoms with van der Waals surface area (Å²) in [6, 6.07) is 16.9. The molecule has 0 atom stereocenters. The van der Waals surface area contributed by atoms with Gasteiger partial charge in [0, 0.05) is 62.8 Å². The van der Waals surface area contributed by atoms with Crippen LogP contribution in [0, 0.1) is 12.1 Å². The normalized spacial score (nSPS) is 13.2. The number of hydrogen-bond donors (Lipinski definition) is 3. The van der Waals surface area contributed by atoms with Gasteiger partial charge in [0.2, 0.25) is 0 Å². The monoisotopic (exact) mass is 589 g/mol. The molecular formula is C30H30ClN6O5-. The molecule has 1 aliphatic rings. The number of halogens is 1. The largest absolute Gasteiger partial charge is 0.761 e. The van der Waals surface area contributed by atoms with Crippen LogP contribution in [0.4, 0.5) is 22.7 Å². The van der Waals surface area contributed by atoms with Crippen LogP contribution in [0.1, 0.15) is 26.5 Å². The number of rotatable bonds is 7. The zero-order valence-corrected chi connectivity index (χ0v) is 24.1. The summed E-state index contributed by atoms with van der Waals surface area (Å²) in [4.78, 5) is 32.1. The van der Waals surface area contributed by atoms with Crippen molar-refractivity contribution >= 4 is 46.2 Å². The first-order valence-corrected chi connectivity index (χ1v) is 13.6. The number of phenolic OH excluding ortho intramolecular Hbond substituents is 1. The first-order valence-electron chi connectivity index (χ1n) is 13.3. The van der Waals surface area contributed by atoms with Crippen molar-refractivity contribution in [3.8, 4) is 17.0 Å². The number of phenols is 1. The number of benzene rings is 3. The molecule has 11 nitrogen and oxygen atoms in total. The third-order valence-corrected chi connectivity index (χ3v) is 7.54. The smallest absolute Gasteiger partial charge is 0.259 e. The van der Waals surface area contributed by atoms with E-state index in [0.717, 1.165) is 5.69 Å². The van der Waals surface area contributed by atoms with E-state index >= 15 is 0 Å². The number of aromatic nitrogens is 1. The van der Waals surface area contributed by atoms with Crippen molar-refractivity contribution in [2.75, 3.05) is 60.9 Å². The summed E-state index contributed by atoms with van der Waals surface area (Å²) in [5, 5.41) is 29.2. The van der Waals surface area contributed by atoms with Crippen molar-refractivity contribution < 1.29 is 19.2 Å². The van der Waals surface area contributed by atoms with E-state index in [9.17, 15) is 19.9 Å². The van der Waals surface area contributed by atoms with Gasteiger partial charge in [0.1, 0.15) is 22.8 Å². The molecule has 42 heavy (non-hydrogen) atoms. The first-order chi connectivity index (χ1) is 20.2.